The topological polar surface area (TPSA) is 88.2 Å². The molecule has 2 aliphatic rings. The molecule has 0 saturated carbocycles. The standard InChI is InChI=1S/C22H25F3N6O/c1-3-19(32)30-6-8-31(9-7-30)21-15-10-13(2)14(11-17(15)27-12-28-21)20-16(22(23,24)25)4-5-18(26)29-20/h3-5,12-14H,1,6-11H2,2H3,(H2,26,29)/t13?,14-/m0/s1. The predicted octanol–water partition coefficient (Wildman–Crippen LogP) is 2.83. The van der Waals surface area contributed by atoms with Gasteiger partial charge in [-0.15, -0.1) is 0 Å². The molecule has 1 aliphatic carbocycles. The number of aromatic nitrogens is 3. The Morgan fingerprint density at radius 1 is 1.19 bits per heavy atom. The maximum atomic E-state index is 13.6. The number of piperazine rings is 1. The minimum Gasteiger partial charge on any atom is -0.384 e. The lowest BCUT2D eigenvalue weighted by molar-refractivity contribution is -0.138. The molecule has 1 fully saturated rings. The summed E-state index contributed by atoms with van der Waals surface area (Å²) in [6.07, 6.45) is -0.866. The highest BCUT2D eigenvalue weighted by Gasteiger charge is 2.40. The number of halogens is 3. The fourth-order valence-corrected chi connectivity index (χ4v) is 4.62. The summed E-state index contributed by atoms with van der Waals surface area (Å²) in [4.78, 5) is 28.7. The number of anilines is 2. The number of hydrogen-bond acceptors (Lipinski definition) is 6. The zero-order chi connectivity index (χ0) is 23.0. The Kier molecular flexibility index (Phi) is 5.79. The van der Waals surface area contributed by atoms with Crippen molar-refractivity contribution >= 4 is 17.5 Å². The molecular weight excluding hydrogens is 421 g/mol. The summed E-state index contributed by atoms with van der Waals surface area (Å²) < 4.78 is 40.9. The van der Waals surface area contributed by atoms with Gasteiger partial charge in [0.25, 0.3) is 0 Å². The number of nitrogens with zero attached hydrogens (tertiary/aromatic N) is 5. The van der Waals surface area contributed by atoms with E-state index in [1.807, 2.05) is 6.92 Å². The summed E-state index contributed by atoms with van der Waals surface area (Å²) in [7, 11) is 0. The van der Waals surface area contributed by atoms with Gasteiger partial charge in [0.15, 0.2) is 0 Å². The molecule has 0 bridgehead atoms. The lowest BCUT2D eigenvalue weighted by Crippen LogP contribution is -2.49. The third-order valence-corrected chi connectivity index (χ3v) is 6.31. The van der Waals surface area contributed by atoms with E-state index in [1.54, 1.807) is 4.90 Å². The molecule has 1 amide bonds. The van der Waals surface area contributed by atoms with Gasteiger partial charge in [0.2, 0.25) is 5.91 Å². The van der Waals surface area contributed by atoms with Crippen molar-refractivity contribution in [1.82, 2.24) is 19.9 Å². The molecule has 32 heavy (non-hydrogen) atoms. The number of rotatable bonds is 3. The number of alkyl halides is 3. The SMILES string of the molecule is C=CC(=O)N1CCN(c2ncnc3c2CC(C)[C@@H](c2nc(N)ccc2C(F)(F)F)C3)CC1. The molecule has 0 radical (unpaired) electrons. The highest BCUT2D eigenvalue weighted by molar-refractivity contribution is 5.87. The van der Waals surface area contributed by atoms with E-state index in [1.165, 1.54) is 18.5 Å². The maximum Gasteiger partial charge on any atom is 0.418 e. The van der Waals surface area contributed by atoms with Crippen molar-refractivity contribution in [2.75, 3.05) is 36.8 Å². The van der Waals surface area contributed by atoms with Gasteiger partial charge in [-0.3, -0.25) is 4.79 Å². The van der Waals surface area contributed by atoms with Gasteiger partial charge in [-0.1, -0.05) is 13.5 Å². The van der Waals surface area contributed by atoms with Crippen molar-refractivity contribution in [1.29, 1.82) is 0 Å². The molecule has 1 unspecified atom stereocenters. The summed E-state index contributed by atoms with van der Waals surface area (Å²) in [6, 6.07) is 2.19. The van der Waals surface area contributed by atoms with E-state index < -0.39 is 17.7 Å². The summed E-state index contributed by atoms with van der Waals surface area (Å²) >= 11 is 0. The fourth-order valence-electron chi connectivity index (χ4n) is 4.62. The Morgan fingerprint density at radius 3 is 2.56 bits per heavy atom. The van der Waals surface area contributed by atoms with Crippen LogP contribution in [0.3, 0.4) is 0 Å². The van der Waals surface area contributed by atoms with E-state index in [-0.39, 0.29) is 23.3 Å². The van der Waals surface area contributed by atoms with Gasteiger partial charge in [0, 0.05) is 43.4 Å². The molecule has 2 N–H and O–H groups in total. The Morgan fingerprint density at radius 2 is 1.91 bits per heavy atom. The molecule has 1 saturated heterocycles. The van der Waals surface area contributed by atoms with Crippen LogP contribution in [0.4, 0.5) is 24.8 Å². The van der Waals surface area contributed by atoms with Gasteiger partial charge in [-0.25, -0.2) is 15.0 Å². The number of pyridine rings is 1. The molecule has 0 aromatic carbocycles. The second-order valence-electron chi connectivity index (χ2n) is 8.30. The van der Waals surface area contributed by atoms with Crippen molar-refractivity contribution in [3.05, 3.63) is 53.6 Å². The zero-order valence-electron chi connectivity index (χ0n) is 17.8. The van der Waals surface area contributed by atoms with Crippen molar-refractivity contribution in [2.45, 2.75) is 31.9 Å². The van der Waals surface area contributed by atoms with E-state index in [9.17, 15) is 18.0 Å². The smallest absolute Gasteiger partial charge is 0.384 e. The van der Waals surface area contributed by atoms with Crippen LogP contribution in [0.2, 0.25) is 0 Å². The van der Waals surface area contributed by atoms with Crippen molar-refractivity contribution in [3.8, 4) is 0 Å². The number of fused-ring (bicyclic) bond motifs is 1. The van der Waals surface area contributed by atoms with Crippen LogP contribution in [0.5, 0.6) is 0 Å². The molecule has 0 spiro atoms. The van der Waals surface area contributed by atoms with Gasteiger partial charge in [0.1, 0.15) is 18.0 Å². The number of amides is 1. The number of carbonyl (C=O) groups is 1. The number of carbonyl (C=O) groups excluding carboxylic acids is 1. The molecule has 2 aromatic rings. The van der Waals surface area contributed by atoms with E-state index in [0.29, 0.717) is 39.0 Å². The van der Waals surface area contributed by atoms with Gasteiger partial charge < -0.3 is 15.5 Å². The minimum atomic E-state index is -4.50. The molecule has 2 atom stereocenters. The molecule has 170 valence electrons. The van der Waals surface area contributed by atoms with Crippen LogP contribution in [0.25, 0.3) is 0 Å². The van der Waals surface area contributed by atoms with Crippen molar-refractivity contribution < 1.29 is 18.0 Å². The Bertz CT molecular complexity index is 1030. The quantitative estimate of drug-likeness (QED) is 0.730. The number of nitrogens with two attached hydrogens (primary N) is 1. The third kappa shape index (κ3) is 4.13. The van der Waals surface area contributed by atoms with Crippen LogP contribution < -0.4 is 10.6 Å². The van der Waals surface area contributed by atoms with Crippen LogP contribution in [-0.2, 0) is 23.8 Å². The first-order valence-electron chi connectivity index (χ1n) is 10.5. The summed E-state index contributed by atoms with van der Waals surface area (Å²) in [5.41, 5.74) is 6.66. The van der Waals surface area contributed by atoms with Crippen molar-refractivity contribution in [3.63, 3.8) is 0 Å². The molecule has 7 nitrogen and oxygen atoms in total. The Balaban J connectivity index is 1.62. The molecule has 4 rings (SSSR count). The highest BCUT2D eigenvalue weighted by Crippen LogP contribution is 2.43. The van der Waals surface area contributed by atoms with Gasteiger partial charge in [0.05, 0.1) is 11.3 Å². The molecule has 2 aromatic heterocycles. The first-order valence-corrected chi connectivity index (χ1v) is 10.5. The monoisotopic (exact) mass is 446 g/mol. The Hall–Kier alpha value is -3.17. The minimum absolute atomic E-state index is 0.0210. The second kappa shape index (κ2) is 8.40. The van der Waals surface area contributed by atoms with E-state index in [0.717, 1.165) is 23.1 Å². The first-order chi connectivity index (χ1) is 15.2. The fraction of sp³-hybridized carbons (Fsp3) is 0.455. The first kappa shape index (κ1) is 22.0. The molecule has 10 heteroatoms. The van der Waals surface area contributed by atoms with Crippen LogP contribution in [0, 0.1) is 5.92 Å². The lowest BCUT2D eigenvalue weighted by Gasteiger charge is -2.38. The van der Waals surface area contributed by atoms with Crippen LogP contribution in [0.1, 0.15) is 35.4 Å². The van der Waals surface area contributed by atoms with Gasteiger partial charge in [-0.2, -0.15) is 13.2 Å². The van der Waals surface area contributed by atoms with Gasteiger partial charge >= 0.3 is 6.18 Å². The highest BCUT2D eigenvalue weighted by atomic mass is 19.4. The van der Waals surface area contributed by atoms with E-state index in [4.69, 9.17) is 5.73 Å². The predicted molar refractivity (Wildman–Crippen MR) is 114 cm³/mol. The lowest BCUT2D eigenvalue weighted by atomic mass is 9.76. The zero-order valence-corrected chi connectivity index (χ0v) is 17.8. The van der Waals surface area contributed by atoms with Gasteiger partial charge in [-0.05, 0) is 37.0 Å². The Labute approximate surface area is 184 Å². The van der Waals surface area contributed by atoms with E-state index >= 15 is 0 Å². The summed E-state index contributed by atoms with van der Waals surface area (Å²) in [5, 5.41) is 0. The maximum absolute atomic E-state index is 13.6. The number of hydrogen-bond donors (Lipinski definition) is 1. The molecule has 1 aliphatic heterocycles. The second-order valence-corrected chi connectivity index (χ2v) is 8.30. The van der Waals surface area contributed by atoms with Crippen LogP contribution in [-0.4, -0.2) is 51.9 Å². The summed E-state index contributed by atoms with van der Waals surface area (Å²) in [5.74, 6) is 0.212. The summed E-state index contributed by atoms with van der Waals surface area (Å²) in [6.45, 7) is 7.82. The number of nitrogen functional groups attached to an aromatic ring is 1. The van der Waals surface area contributed by atoms with Crippen LogP contribution in [0.15, 0.2) is 31.1 Å². The average molecular weight is 446 g/mol. The van der Waals surface area contributed by atoms with Crippen LogP contribution >= 0.6 is 0 Å². The van der Waals surface area contributed by atoms with E-state index in [2.05, 4.69) is 26.4 Å². The molecule has 3 heterocycles. The normalized spacial score (nSPS) is 21.2. The molecular formula is C22H25F3N6O. The third-order valence-electron chi connectivity index (χ3n) is 6.31. The van der Waals surface area contributed by atoms with Crippen molar-refractivity contribution in [2.24, 2.45) is 5.92 Å². The average Bonchev–Trinajstić information content (AvgIpc) is 2.77. The largest absolute Gasteiger partial charge is 0.418 e.